The lowest BCUT2D eigenvalue weighted by Gasteiger charge is -2.31. The number of carbonyl (C=O) groups is 3. The number of hydrogen-bond donors (Lipinski definition) is 3. The van der Waals surface area contributed by atoms with Gasteiger partial charge in [0.1, 0.15) is 0 Å². The Hall–Kier alpha value is -1.63. The van der Waals surface area contributed by atoms with Crippen molar-refractivity contribution in [1.29, 1.82) is 0 Å². The first-order valence-corrected chi connectivity index (χ1v) is 6.49. The van der Waals surface area contributed by atoms with Crippen molar-refractivity contribution in [2.24, 2.45) is 5.73 Å². The molecule has 4 N–H and O–H groups in total. The molecule has 108 valence electrons. The molecule has 7 heteroatoms. The fraction of sp³-hybridized carbons (Fsp3) is 0.750. The highest BCUT2D eigenvalue weighted by Gasteiger charge is 2.21. The van der Waals surface area contributed by atoms with E-state index in [4.69, 9.17) is 10.8 Å². The number of carboxylic acids is 1. The van der Waals surface area contributed by atoms with Gasteiger partial charge in [0, 0.05) is 32.0 Å². The molecule has 1 saturated heterocycles. The Kier molecular flexibility index (Phi) is 6.27. The number of nitrogens with zero attached hydrogens (tertiary/aromatic N) is 1. The molecule has 19 heavy (non-hydrogen) atoms. The minimum absolute atomic E-state index is 0.0183. The molecule has 1 fully saturated rings. The Morgan fingerprint density at radius 1 is 1.21 bits per heavy atom. The summed E-state index contributed by atoms with van der Waals surface area (Å²) < 4.78 is 0. The minimum atomic E-state index is -0.882. The summed E-state index contributed by atoms with van der Waals surface area (Å²) >= 11 is 0. The standard InChI is InChI=1S/C12H21N3O4/c13-10(16)8-15-6-4-9(5-7-15)14-11(17)2-1-3-12(18)19/h9H,1-8H2,(H2,13,16)(H,14,17)(H,18,19). The van der Waals surface area contributed by atoms with E-state index in [2.05, 4.69) is 5.32 Å². The smallest absolute Gasteiger partial charge is 0.303 e. The van der Waals surface area contributed by atoms with E-state index in [0.29, 0.717) is 6.42 Å². The average Bonchev–Trinajstić information content (AvgIpc) is 2.30. The molecule has 0 bridgehead atoms. The van der Waals surface area contributed by atoms with Crippen LogP contribution in [0.1, 0.15) is 32.1 Å². The summed E-state index contributed by atoms with van der Waals surface area (Å²) in [5, 5.41) is 11.4. The highest BCUT2D eigenvalue weighted by atomic mass is 16.4. The zero-order valence-electron chi connectivity index (χ0n) is 10.9. The molecule has 0 aromatic rings. The largest absolute Gasteiger partial charge is 0.481 e. The van der Waals surface area contributed by atoms with Gasteiger partial charge in [-0.25, -0.2) is 0 Å². The van der Waals surface area contributed by atoms with Gasteiger partial charge in [-0.1, -0.05) is 0 Å². The number of carboxylic acid groups (broad SMARTS) is 1. The Labute approximate surface area is 112 Å². The normalized spacial score (nSPS) is 17.1. The second kappa shape index (κ2) is 7.73. The number of hydrogen-bond acceptors (Lipinski definition) is 4. The third-order valence-electron chi connectivity index (χ3n) is 3.13. The van der Waals surface area contributed by atoms with Crippen LogP contribution in [0.25, 0.3) is 0 Å². The molecule has 0 unspecified atom stereocenters. The third kappa shape index (κ3) is 6.76. The second-order valence-electron chi connectivity index (χ2n) is 4.83. The van der Waals surface area contributed by atoms with Gasteiger partial charge in [-0.05, 0) is 19.3 Å². The van der Waals surface area contributed by atoms with Crippen LogP contribution in [0.2, 0.25) is 0 Å². The van der Waals surface area contributed by atoms with Crippen molar-refractivity contribution >= 4 is 17.8 Å². The number of piperidine rings is 1. The number of nitrogens with two attached hydrogens (primary N) is 1. The number of amides is 2. The zero-order chi connectivity index (χ0) is 14.3. The number of carbonyl (C=O) groups excluding carboxylic acids is 2. The van der Waals surface area contributed by atoms with Gasteiger partial charge in [0.2, 0.25) is 11.8 Å². The van der Waals surface area contributed by atoms with E-state index in [1.165, 1.54) is 0 Å². The maximum Gasteiger partial charge on any atom is 0.303 e. The van der Waals surface area contributed by atoms with E-state index < -0.39 is 5.97 Å². The van der Waals surface area contributed by atoms with Crippen LogP contribution in [0.4, 0.5) is 0 Å². The molecule has 0 aliphatic carbocycles. The molecule has 2 amide bonds. The Morgan fingerprint density at radius 3 is 2.37 bits per heavy atom. The maximum absolute atomic E-state index is 11.6. The van der Waals surface area contributed by atoms with Crippen LogP contribution in [0.5, 0.6) is 0 Å². The van der Waals surface area contributed by atoms with Crippen LogP contribution < -0.4 is 11.1 Å². The lowest BCUT2D eigenvalue weighted by Crippen LogP contribution is -2.46. The number of primary amides is 1. The summed E-state index contributed by atoms with van der Waals surface area (Å²) in [4.78, 5) is 34.6. The molecular formula is C12H21N3O4. The fourth-order valence-electron chi connectivity index (χ4n) is 2.16. The molecule has 0 aromatic heterocycles. The fourth-order valence-corrected chi connectivity index (χ4v) is 2.16. The third-order valence-corrected chi connectivity index (χ3v) is 3.13. The topological polar surface area (TPSA) is 113 Å². The molecule has 0 atom stereocenters. The highest BCUT2D eigenvalue weighted by molar-refractivity contribution is 5.77. The molecule has 1 rings (SSSR count). The van der Waals surface area contributed by atoms with Gasteiger partial charge in [-0.3, -0.25) is 19.3 Å². The van der Waals surface area contributed by atoms with Crippen molar-refractivity contribution in [3.63, 3.8) is 0 Å². The van der Waals surface area contributed by atoms with Gasteiger partial charge in [0.25, 0.3) is 0 Å². The van der Waals surface area contributed by atoms with Gasteiger partial charge in [-0.2, -0.15) is 0 Å². The van der Waals surface area contributed by atoms with Crippen LogP contribution in [0.15, 0.2) is 0 Å². The van der Waals surface area contributed by atoms with E-state index in [1.54, 1.807) is 0 Å². The zero-order valence-corrected chi connectivity index (χ0v) is 10.9. The summed E-state index contributed by atoms with van der Waals surface area (Å²) in [5.74, 6) is -1.32. The first kappa shape index (κ1) is 15.4. The molecule has 1 aliphatic heterocycles. The lowest BCUT2D eigenvalue weighted by molar-refractivity contribution is -0.137. The van der Waals surface area contributed by atoms with Crippen LogP contribution >= 0.6 is 0 Å². The molecule has 1 aliphatic rings. The molecule has 0 radical (unpaired) electrons. The predicted molar refractivity (Wildman–Crippen MR) is 68.3 cm³/mol. The Balaban J connectivity index is 2.16. The molecule has 0 saturated carbocycles. The minimum Gasteiger partial charge on any atom is -0.481 e. The van der Waals surface area contributed by atoms with E-state index in [1.807, 2.05) is 4.90 Å². The highest BCUT2D eigenvalue weighted by Crippen LogP contribution is 2.10. The summed E-state index contributed by atoms with van der Waals surface area (Å²) in [6, 6.07) is 0.112. The molecule has 7 nitrogen and oxygen atoms in total. The Morgan fingerprint density at radius 2 is 1.84 bits per heavy atom. The number of aliphatic carboxylic acids is 1. The predicted octanol–water partition coefficient (Wildman–Crippen LogP) is -0.693. The van der Waals surface area contributed by atoms with Gasteiger partial charge in [-0.15, -0.1) is 0 Å². The van der Waals surface area contributed by atoms with Crippen molar-refractivity contribution in [1.82, 2.24) is 10.2 Å². The molecular weight excluding hydrogens is 250 g/mol. The number of nitrogens with one attached hydrogen (secondary N) is 1. The van der Waals surface area contributed by atoms with Crippen LogP contribution in [-0.2, 0) is 14.4 Å². The van der Waals surface area contributed by atoms with Crippen LogP contribution in [0, 0.1) is 0 Å². The summed E-state index contributed by atoms with van der Waals surface area (Å²) in [6.07, 6.45) is 2.20. The summed E-state index contributed by atoms with van der Waals surface area (Å²) in [6.45, 7) is 1.74. The van der Waals surface area contributed by atoms with Crippen molar-refractivity contribution in [2.75, 3.05) is 19.6 Å². The van der Waals surface area contributed by atoms with Gasteiger partial charge >= 0.3 is 5.97 Å². The lowest BCUT2D eigenvalue weighted by atomic mass is 10.0. The molecule has 0 spiro atoms. The van der Waals surface area contributed by atoms with Crippen LogP contribution in [0.3, 0.4) is 0 Å². The van der Waals surface area contributed by atoms with Crippen molar-refractivity contribution in [2.45, 2.75) is 38.1 Å². The number of rotatable bonds is 7. The van der Waals surface area contributed by atoms with E-state index >= 15 is 0 Å². The SMILES string of the molecule is NC(=O)CN1CCC(NC(=O)CCCC(=O)O)CC1. The van der Waals surface area contributed by atoms with Crippen LogP contribution in [-0.4, -0.2) is 53.5 Å². The quantitative estimate of drug-likeness (QED) is 0.567. The van der Waals surface area contributed by atoms with Gasteiger partial charge < -0.3 is 16.2 Å². The average molecular weight is 271 g/mol. The number of likely N-dealkylation sites (tertiary alicyclic amines) is 1. The first-order chi connectivity index (χ1) is 8.97. The van der Waals surface area contributed by atoms with Crippen molar-refractivity contribution < 1.29 is 19.5 Å². The molecule has 0 aromatic carbocycles. The second-order valence-corrected chi connectivity index (χ2v) is 4.83. The first-order valence-electron chi connectivity index (χ1n) is 6.49. The van der Waals surface area contributed by atoms with Crippen molar-refractivity contribution in [3.8, 4) is 0 Å². The summed E-state index contributed by atoms with van der Waals surface area (Å²) in [7, 11) is 0. The molecule has 1 heterocycles. The maximum atomic E-state index is 11.6. The van der Waals surface area contributed by atoms with E-state index in [9.17, 15) is 14.4 Å². The van der Waals surface area contributed by atoms with E-state index in [-0.39, 0.29) is 37.2 Å². The van der Waals surface area contributed by atoms with Gasteiger partial charge in [0.05, 0.1) is 6.54 Å². The van der Waals surface area contributed by atoms with Crippen molar-refractivity contribution in [3.05, 3.63) is 0 Å². The van der Waals surface area contributed by atoms with Gasteiger partial charge in [0.15, 0.2) is 0 Å². The summed E-state index contributed by atoms with van der Waals surface area (Å²) in [5.41, 5.74) is 5.12. The van der Waals surface area contributed by atoms with E-state index in [0.717, 1.165) is 25.9 Å². The monoisotopic (exact) mass is 271 g/mol. The Bertz CT molecular complexity index is 338.